The van der Waals surface area contributed by atoms with Crippen LogP contribution in [0.5, 0.6) is 0 Å². The van der Waals surface area contributed by atoms with Crippen LogP contribution in [0.2, 0.25) is 5.15 Å². The highest BCUT2D eigenvalue weighted by Crippen LogP contribution is 2.45. The van der Waals surface area contributed by atoms with Crippen LogP contribution in [0.15, 0.2) is 27.8 Å². The van der Waals surface area contributed by atoms with Crippen molar-refractivity contribution in [2.24, 2.45) is 0 Å². The summed E-state index contributed by atoms with van der Waals surface area (Å²) in [4.78, 5) is 8.67. The van der Waals surface area contributed by atoms with Crippen LogP contribution in [0.4, 0.5) is 0 Å². The van der Waals surface area contributed by atoms with Gasteiger partial charge in [0.1, 0.15) is 10.8 Å². The standard InChI is InChI=1S/C18H20BrClN2O3S/c1-17(2)18(24,13-6-11(19)5-4-10(13)9-25-17)7-14-12(8-23)15(20)22-16(21-14)26-3/h4-6,23-24H,7-9H2,1-3H3. The van der Waals surface area contributed by atoms with Crippen molar-refractivity contribution in [3.05, 3.63) is 50.2 Å². The molecule has 0 bridgehead atoms. The first-order valence-corrected chi connectivity index (χ1v) is 10.5. The van der Waals surface area contributed by atoms with E-state index in [1.165, 1.54) is 11.8 Å². The number of hydrogen-bond donors (Lipinski definition) is 2. The highest BCUT2D eigenvalue weighted by Gasteiger charge is 2.50. The van der Waals surface area contributed by atoms with Crippen molar-refractivity contribution < 1.29 is 14.9 Å². The van der Waals surface area contributed by atoms with Gasteiger partial charge < -0.3 is 14.9 Å². The van der Waals surface area contributed by atoms with Gasteiger partial charge in [0.15, 0.2) is 5.16 Å². The smallest absolute Gasteiger partial charge is 0.188 e. The van der Waals surface area contributed by atoms with E-state index in [9.17, 15) is 10.2 Å². The molecular weight excluding hydrogens is 440 g/mol. The van der Waals surface area contributed by atoms with Crippen LogP contribution in [0.1, 0.15) is 36.2 Å². The van der Waals surface area contributed by atoms with Crippen molar-refractivity contribution in [3.8, 4) is 0 Å². The first-order chi connectivity index (χ1) is 12.2. The number of aromatic nitrogens is 2. The van der Waals surface area contributed by atoms with Gasteiger partial charge in [-0.2, -0.15) is 0 Å². The lowest BCUT2D eigenvalue weighted by Crippen LogP contribution is -2.54. The maximum absolute atomic E-state index is 11.8. The maximum Gasteiger partial charge on any atom is 0.188 e. The van der Waals surface area contributed by atoms with Crippen LogP contribution in [0.3, 0.4) is 0 Å². The zero-order valence-electron chi connectivity index (χ0n) is 14.7. The Morgan fingerprint density at radius 2 is 2.08 bits per heavy atom. The topological polar surface area (TPSA) is 75.5 Å². The molecule has 0 saturated carbocycles. The van der Waals surface area contributed by atoms with Gasteiger partial charge in [0.25, 0.3) is 0 Å². The summed E-state index contributed by atoms with van der Waals surface area (Å²) in [5, 5.41) is 22.2. The van der Waals surface area contributed by atoms with E-state index < -0.39 is 11.2 Å². The summed E-state index contributed by atoms with van der Waals surface area (Å²) in [7, 11) is 0. The number of benzene rings is 1. The van der Waals surface area contributed by atoms with Gasteiger partial charge in [0, 0.05) is 16.5 Å². The second kappa shape index (κ2) is 7.37. The molecule has 5 nitrogen and oxygen atoms in total. The van der Waals surface area contributed by atoms with E-state index in [1.54, 1.807) is 0 Å². The highest BCUT2D eigenvalue weighted by molar-refractivity contribution is 9.10. The Labute approximate surface area is 170 Å². The summed E-state index contributed by atoms with van der Waals surface area (Å²) >= 11 is 11.1. The van der Waals surface area contributed by atoms with Crippen LogP contribution in [0.25, 0.3) is 0 Å². The molecular formula is C18H20BrClN2O3S. The number of aliphatic hydroxyl groups excluding tert-OH is 1. The predicted molar refractivity (Wildman–Crippen MR) is 105 cm³/mol. The Balaban J connectivity index is 2.17. The molecule has 0 amide bonds. The molecule has 0 spiro atoms. The van der Waals surface area contributed by atoms with Gasteiger partial charge in [0.05, 0.1) is 24.5 Å². The van der Waals surface area contributed by atoms with Gasteiger partial charge in [-0.1, -0.05) is 45.4 Å². The summed E-state index contributed by atoms with van der Waals surface area (Å²) in [6, 6.07) is 5.77. The number of nitrogens with zero attached hydrogens (tertiary/aromatic N) is 2. The number of halogens is 2. The molecule has 0 fully saturated rings. The second-order valence-electron chi connectivity index (χ2n) is 6.72. The van der Waals surface area contributed by atoms with E-state index >= 15 is 0 Å². The average Bonchev–Trinajstić information content (AvgIpc) is 2.59. The van der Waals surface area contributed by atoms with Crippen LogP contribution in [-0.2, 0) is 30.0 Å². The SMILES string of the molecule is CSc1nc(Cl)c(CO)c(CC2(O)c3cc(Br)ccc3COC2(C)C)n1. The number of fused-ring (bicyclic) bond motifs is 1. The van der Waals surface area contributed by atoms with Crippen molar-refractivity contribution >= 4 is 39.3 Å². The number of hydrogen-bond acceptors (Lipinski definition) is 6. The molecule has 0 radical (unpaired) electrons. The third kappa shape index (κ3) is 3.41. The van der Waals surface area contributed by atoms with Gasteiger partial charge in [-0.25, -0.2) is 9.97 Å². The van der Waals surface area contributed by atoms with Gasteiger partial charge >= 0.3 is 0 Å². The van der Waals surface area contributed by atoms with E-state index in [1.807, 2.05) is 38.3 Å². The lowest BCUT2D eigenvalue weighted by atomic mass is 9.72. The van der Waals surface area contributed by atoms with Crippen LogP contribution < -0.4 is 0 Å². The normalized spacial score (nSPS) is 21.5. The van der Waals surface area contributed by atoms with Gasteiger partial charge in [-0.3, -0.25) is 0 Å². The zero-order valence-corrected chi connectivity index (χ0v) is 17.9. The predicted octanol–water partition coefficient (Wildman–Crippen LogP) is 3.85. The molecule has 3 rings (SSSR count). The van der Waals surface area contributed by atoms with Gasteiger partial charge in [-0.15, -0.1) is 0 Å². The lowest BCUT2D eigenvalue weighted by Gasteiger charge is -2.47. The summed E-state index contributed by atoms with van der Waals surface area (Å²) < 4.78 is 6.85. The zero-order chi connectivity index (χ0) is 19.1. The minimum absolute atomic E-state index is 0.148. The van der Waals surface area contributed by atoms with E-state index in [4.69, 9.17) is 16.3 Å². The molecule has 1 aliphatic heterocycles. The fourth-order valence-corrected chi connectivity index (χ4v) is 4.23. The van der Waals surface area contributed by atoms with E-state index in [2.05, 4.69) is 25.9 Å². The Morgan fingerprint density at radius 1 is 1.35 bits per heavy atom. The molecule has 2 aromatic rings. The maximum atomic E-state index is 11.8. The third-order valence-corrected chi connectivity index (χ3v) is 6.24. The fraction of sp³-hybridized carbons (Fsp3) is 0.444. The first-order valence-electron chi connectivity index (χ1n) is 8.07. The van der Waals surface area contributed by atoms with E-state index in [0.29, 0.717) is 23.0 Å². The summed E-state index contributed by atoms with van der Waals surface area (Å²) in [6.45, 7) is 3.83. The second-order valence-corrected chi connectivity index (χ2v) is 8.77. The minimum atomic E-state index is -1.35. The molecule has 1 atom stereocenters. The quantitative estimate of drug-likeness (QED) is 0.411. The number of rotatable bonds is 4. The molecule has 26 heavy (non-hydrogen) atoms. The Bertz CT molecular complexity index is 849. The van der Waals surface area contributed by atoms with Gasteiger partial charge in [0.2, 0.25) is 0 Å². The molecule has 1 aromatic heterocycles. The summed E-state index contributed by atoms with van der Waals surface area (Å²) in [6.07, 6.45) is 2.00. The number of ether oxygens (including phenoxy) is 1. The monoisotopic (exact) mass is 458 g/mol. The van der Waals surface area contributed by atoms with Crippen molar-refractivity contribution in [2.45, 2.75) is 49.8 Å². The molecule has 140 valence electrons. The Morgan fingerprint density at radius 3 is 2.73 bits per heavy atom. The number of aliphatic hydroxyl groups is 2. The van der Waals surface area contributed by atoms with Crippen LogP contribution in [0, 0.1) is 0 Å². The largest absolute Gasteiger partial charge is 0.391 e. The Kier molecular flexibility index (Phi) is 5.68. The van der Waals surface area contributed by atoms with Crippen molar-refractivity contribution in [1.29, 1.82) is 0 Å². The van der Waals surface area contributed by atoms with Crippen molar-refractivity contribution in [3.63, 3.8) is 0 Å². The van der Waals surface area contributed by atoms with Crippen molar-refractivity contribution in [1.82, 2.24) is 9.97 Å². The third-order valence-electron chi connectivity index (χ3n) is 4.89. The molecule has 8 heteroatoms. The minimum Gasteiger partial charge on any atom is -0.391 e. The molecule has 1 aromatic carbocycles. The average molecular weight is 460 g/mol. The van der Waals surface area contributed by atoms with Crippen LogP contribution in [-0.4, -0.2) is 32.0 Å². The Hall–Kier alpha value is -0.700. The highest BCUT2D eigenvalue weighted by atomic mass is 79.9. The summed E-state index contributed by atoms with van der Waals surface area (Å²) in [5.74, 6) is 0. The lowest BCUT2D eigenvalue weighted by molar-refractivity contribution is -0.191. The summed E-state index contributed by atoms with van der Waals surface area (Å²) in [5.41, 5.74) is 0.449. The van der Waals surface area contributed by atoms with Crippen LogP contribution >= 0.6 is 39.3 Å². The fourth-order valence-electron chi connectivity index (χ4n) is 3.18. The van der Waals surface area contributed by atoms with E-state index in [-0.39, 0.29) is 18.2 Å². The van der Waals surface area contributed by atoms with Crippen molar-refractivity contribution in [2.75, 3.05) is 6.26 Å². The first kappa shape index (κ1) is 20.0. The molecule has 1 unspecified atom stereocenters. The molecule has 0 aliphatic carbocycles. The molecule has 2 heterocycles. The van der Waals surface area contributed by atoms with E-state index in [0.717, 1.165) is 15.6 Å². The molecule has 2 N–H and O–H groups in total. The molecule has 0 saturated heterocycles. The van der Waals surface area contributed by atoms with Gasteiger partial charge in [-0.05, 0) is 43.4 Å². The number of thioether (sulfide) groups is 1. The molecule has 1 aliphatic rings.